The number of nitrogens with zero attached hydrogens (tertiary/aromatic N) is 1. The average molecular weight is 388 g/mol. The first-order valence-corrected chi connectivity index (χ1v) is 11.1. The van der Waals surface area contributed by atoms with Gasteiger partial charge in [-0.1, -0.05) is 18.1 Å². The van der Waals surface area contributed by atoms with E-state index in [1.807, 2.05) is 6.92 Å². The molecule has 0 aromatic carbocycles. The van der Waals surface area contributed by atoms with E-state index in [4.69, 9.17) is 4.74 Å². The molecule has 28 heavy (non-hydrogen) atoms. The standard InChI is InChI=1S/C23H33NO4/c1-4-18(26)16-10-23(12-25)17-8-6-13-5-7-14-15(21(27)28-3)9-22(23,19(13)14)11-24(2)20(16)17/h14-17,20,25H,4-12H2,1-3H3/t14-,15-,16-,17?,20?,22-,23?/m1/s1. The van der Waals surface area contributed by atoms with Crippen LogP contribution in [0.1, 0.15) is 51.9 Å². The van der Waals surface area contributed by atoms with E-state index >= 15 is 0 Å². The van der Waals surface area contributed by atoms with Crippen LogP contribution in [0.25, 0.3) is 0 Å². The molecule has 0 radical (unpaired) electrons. The second-order valence-corrected chi connectivity index (χ2v) is 10.1. The molecular formula is C23H33NO4. The number of hydrogen-bond acceptors (Lipinski definition) is 5. The zero-order valence-electron chi connectivity index (χ0n) is 17.4. The highest BCUT2D eigenvalue weighted by Crippen LogP contribution is 2.74. The first-order valence-electron chi connectivity index (χ1n) is 11.1. The van der Waals surface area contributed by atoms with E-state index in [-0.39, 0.29) is 47.2 Å². The molecule has 4 aliphatic carbocycles. The molecule has 7 atom stereocenters. The van der Waals surface area contributed by atoms with Crippen molar-refractivity contribution in [3.05, 3.63) is 11.1 Å². The molecule has 1 N–H and O–H groups in total. The lowest BCUT2D eigenvalue weighted by molar-refractivity contribution is -0.148. The van der Waals surface area contributed by atoms with Crippen molar-refractivity contribution < 1.29 is 19.4 Å². The second-order valence-electron chi connectivity index (χ2n) is 10.1. The largest absolute Gasteiger partial charge is 0.469 e. The van der Waals surface area contributed by atoms with Crippen molar-refractivity contribution in [3.8, 4) is 0 Å². The van der Waals surface area contributed by atoms with E-state index in [0.29, 0.717) is 18.1 Å². The minimum absolute atomic E-state index is 0.0192. The van der Waals surface area contributed by atoms with Crippen LogP contribution in [0.15, 0.2) is 11.1 Å². The second kappa shape index (κ2) is 6.15. The summed E-state index contributed by atoms with van der Waals surface area (Å²) in [5.74, 6) is 0.787. The molecule has 5 nitrogen and oxygen atoms in total. The maximum Gasteiger partial charge on any atom is 0.309 e. The van der Waals surface area contributed by atoms with Gasteiger partial charge in [0.1, 0.15) is 5.78 Å². The number of aliphatic hydroxyl groups excluding tert-OH is 1. The fourth-order valence-electron chi connectivity index (χ4n) is 8.68. The summed E-state index contributed by atoms with van der Waals surface area (Å²) in [5.41, 5.74) is 2.62. The molecule has 5 aliphatic rings. The molecule has 5 heteroatoms. The van der Waals surface area contributed by atoms with Crippen molar-refractivity contribution in [2.24, 2.45) is 34.5 Å². The summed E-state index contributed by atoms with van der Waals surface area (Å²) in [7, 11) is 3.67. The number of aliphatic hydroxyl groups is 1. The summed E-state index contributed by atoms with van der Waals surface area (Å²) >= 11 is 0. The van der Waals surface area contributed by atoms with Gasteiger partial charge in [0.2, 0.25) is 0 Å². The van der Waals surface area contributed by atoms with Crippen molar-refractivity contribution in [1.29, 1.82) is 0 Å². The quantitative estimate of drug-likeness (QED) is 0.593. The van der Waals surface area contributed by atoms with Crippen molar-refractivity contribution in [2.45, 2.75) is 57.9 Å². The lowest BCUT2D eigenvalue weighted by atomic mass is 9.53. The van der Waals surface area contributed by atoms with E-state index in [0.717, 1.165) is 45.1 Å². The lowest BCUT2D eigenvalue weighted by Gasteiger charge is -2.56. The van der Waals surface area contributed by atoms with E-state index in [1.165, 1.54) is 12.7 Å². The maximum absolute atomic E-state index is 12.9. The first-order chi connectivity index (χ1) is 13.4. The third-order valence-electron chi connectivity index (χ3n) is 9.48. The number of ether oxygens (including phenoxy) is 1. The van der Waals surface area contributed by atoms with Gasteiger partial charge in [0.05, 0.1) is 13.0 Å². The van der Waals surface area contributed by atoms with Crippen LogP contribution in [0.3, 0.4) is 0 Å². The van der Waals surface area contributed by atoms with Crippen LogP contribution in [-0.4, -0.2) is 55.1 Å². The fraction of sp³-hybridized carbons (Fsp3) is 0.826. The zero-order chi connectivity index (χ0) is 19.8. The lowest BCUT2D eigenvalue weighted by Crippen LogP contribution is -2.60. The molecule has 154 valence electrons. The van der Waals surface area contributed by atoms with E-state index in [1.54, 1.807) is 5.57 Å². The summed E-state index contributed by atoms with van der Waals surface area (Å²) in [5, 5.41) is 10.9. The van der Waals surface area contributed by atoms with Gasteiger partial charge in [-0.05, 0) is 57.4 Å². The molecule has 3 fully saturated rings. The van der Waals surface area contributed by atoms with E-state index in [2.05, 4.69) is 11.9 Å². The average Bonchev–Trinajstić information content (AvgIpc) is 3.32. The third kappa shape index (κ3) is 2.00. The summed E-state index contributed by atoms with van der Waals surface area (Å²) in [6.07, 6.45) is 6.41. The van der Waals surface area contributed by atoms with Crippen molar-refractivity contribution in [2.75, 3.05) is 27.3 Å². The number of carbonyl (C=O) groups is 2. The topological polar surface area (TPSA) is 66.8 Å². The SMILES string of the molecule is CCC(=O)[C@H]1CC2(CO)C3CCC4=C5[C@H](CC4)[C@H](C(=O)OC)C[C@@]52CN(C)C31. The summed E-state index contributed by atoms with van der Waals surface area (Å²) in [4.78, 5) is 28.0. The highest BCUT2D eigenvalue weighted by atomic mass is 16.5. The van der Waals surface area contributed by atoms with Gasteiger partial charge in [0.15, 0.2) is 0 Å². The summed E-state index contributed by atoms with van der Waals surface area (Å²) < 4.78 is 5.21. The first kappa shape index (κ1) is 18.8. The molecule has 1 aliphatic heterocycles. The zero-order valence-corrected chi connectivity index (χ0v) is 17.4. The molecule has 1 saturated heterocycles. The molecule has 4 bridgehead atoms. The van der Waals surface area contributed by atoms with E-state index < -0.39 is 0 Å². The number of piperidine rings is 1. The van der Waals surface area contributed by atoms with Gasteiger partial charge in [-0.15, -0.1) is 0 Å². The number of allylic oxidation sites excluding steroid dienone is 1. The molecule has 1 heterocycles. The number of Topliss-reactive ketones (excluding diaryl/α,β-unsaturated/α-hetero) is 1. The van der Waals surface area contributed by atoms with Gasteiger partial charge >= 0.3 is 5.97 Å². The predicted molar refractivity (Wildman–Crippen MR) is 104 cm³/mol. The van der Waals surface area contributed by atoms with Gasteiger partial charge in [-0.3, -0.25) is 9.59 Å². The number of hydrogen-bond donors (Lipinski definition) is 1. The monoisotopic (exact) mass is 387 g/mol. The number of ketones is 1. The molecular weight excluding hydrogens is 354 g/mol. The molecule has 0 aromatic rings. The van der Waals surface area contributed by atoms with Gasteiger partial charge in [0, 0.05) is 42.4 Å². The molecule has 0 aromatic heterocycles. The Kier molecular flexibility index (Phi) is 4.13. The van der Waals surface area contributed by atoms with Crippen LogP contribution >= 0.6 is 0 Å². The molecule has 2 saturated carbocycles. The fourth-order valence-corrected chi connectivity index (χ4v) is 8.68. The van der Waals surface area contributed by atoms with Gasteiger partial charge in [0.25, 0.3) is 0 Å². The van der Waals surface area contributed by atoms with Gasteiger partial charge < -0.3 is 14.7 Å². The van der Waals surface area contributed by atoms with Crippen LogP contribution in [0.5, 0.6) is 0 Å². The summed E-state index contributed by atoms with van der Waals surface area (Å²) in [6, 6.07) is 0.237. The van der Waals surface area contributed by atoms with Crippen LogP contribution in [0, 0.1) is 34.5 Å². The van der Waals surface area contributed by atoms with Crippen molar-refractivity contribution >= 4 is 11.8 Å². The molecule has 3 unspecified atom stereocenters. The Balaban J connectivity index is 1.70. The van der Waals surface area contributed by atoms with Gasteiger partial charge in [-0.25, -0.2) is 0 Å². The smallest absolute Gasteiger partial charge is 0.309 e. The van der Waals surface area contributed by atoms with Gasteiger partial charge in [-0.2, -0.15) is 0 Å². The molecule has 0 amide bonds. The predicted octanol–water partition coefficient (Wildman–Crippen LogP) is 2.57. The molecule has 5 rings (SSSR count). The van der Waals surface area contributed by atoms with Crippen molar-refractivity contribution in [1.82, 2.24) is 4.90 Å². The van der Waals surface area contributed by atoms with Crippen molar-refractivity contribution in [3.63, 3.8) is 0 Å². The Morgan fingerprint density at radius 1 is 1.21 bits per heavy atom. The van der Waals surface area contributed by atoms with Crippen LogP contribution in [0.2, 0.25) is 0 Å². The Morgan fingerprint density at radius 2 is 1.96 bits per heavy atom. The third-order valence-corrected chi connectivity index (χ3v) is 9.48. The number of rotatable bonds is 4. The minimum Gasteiger partial charge on any atom is -0.469 e. The highest BCUT2D eigenvalue weighted by molar-refractivity contribution is 5.82. The number of carbonyl (C=O) groups excluding carboxylic acids is 2. The summed E-state index contributed by atoms with van der Waals surface area (Å²) in [6.45, 7) is 2.96. The molecule has 1 spiro atoms. The number of likely N-dealkylation sites (tertiary alicyclic amines) is 1. The van der Waals surface area contributed by atoms with E-state index in [9.17, 15) is 14.7 Å². The Labute approximate surface area is 167 Å². The van der Waals surface area contributed by atoms with Crippen LogP contribution in [0.4, 0.5) is 0 Å². The maximum atomic E-state index is 12.9. The normalized spacial score (nSPS) is 46.5. The minimum atomic E-state index is -0.262. The Bertz CT molecular complexity index is 760. The highest BCUT2D eigenvalue weighted by Gasteiger charge is 2.73. The number of esters is 1. The Hall–Kier alpha value is -1.20. The van der Waals surface area contributed by atoms with Crippen LogP contribution in [-0.2, 0) is 14.3 Å². The Morgan fingerprint density at radius 3 is 2.64 bits per heavy atom. The number of methoxy groups -OCH3 is 1. The van der Waals surface area contributed by atoms with Crippen LogP contribution < -0.4 is 0 Å².